The summed E-state index contributed by atoms with van der Waals surface area (Å²) < 4.78 is 29.6. The van der Waals surface area contributed by atoms with Crippen molar-refractivity contribution in [3.8, 4) is 17.2 Å². The third-order valence-corrected chi connectivity index (χ3v) is 15.2. The zero-order chi connectivity index (χ0) is 38.5. The number of anilines is 2. The van der Waals surface area contributed by atoms with Crippen LogP contribution in [0.2, 0.25) is 18.1 Å². The van der Waals surface area contributed by atoms with Crippen molar-refractivity contribution in [3.63, 3.8) is 0 Å². The summed E-state index contributed by atoms with van der Waals surface area (Å²) in [5.41, 5.74) is 15.0. The van der Waals surface area contributed by atoms with E-state index >= 15 is 0 Å². The van der Waals surface area contributed by atoms with Crippen molar-refractivity contribution in [3.05, 3.63) is 41.0 Å². The summed E-state index contributed by atoms with van der Waals surface area (Å²) in [6, 6.07) is 6.68. The van der Waals surface area contributed by atoms with Gasteiger partial charge in [0.15, 0.2) is 19.8 Å². The minimum absolute atomic E-state index is 0.0118. The number of rotatable bonds is 14. The highest BCUT2D eigenvalue weighted by Crippen LogP contribution is 2.38. The second-order valence-corrected chi connectivity index (χ2v) is 20.7. The Morgan fingerprint density at radius 3 is 2.02 bits per heavy atom. The van der Waals surface area contributed by atoms with E-state index in [1.54, 1.807) is 29.2 Å². The summed E-state index contributed by atoms with van der Waals surface area (Å²) in [7, 11) is -0.544. The molecule has 2 fully saturated rings. The first-order valence-corrected chi connectivity index (χ1v) is 21.3. The van der Waals surface area contributed by atoms with Gasteiger partial charge in [-0.1, -0.05) is 34.6 Å². The minimum atomic E-state index is -2.08. The third-order valence-electron chi connectivity index (χ3n) is 10.7. The largest absolute Gasteiger partial charge is 0.493 e. The fourth-order valence-electron chi connectivity index (χ4n) is 6.72. The minimum Gasteiger partial charge on any atom is -0.493 e. The molecule has 288 valence electrons. The number of ether oxygens (including phenoxy) is 4. The Balaban J connectivity index is 1.37. The number of carbonyl (C=O) groups excluding carboxylic acids is 3. The number of aryl methyl sites for hydroxylation is 1. The fraction of sp³-hybridized carbons (Fsp3) is 0.615. The van der Waals surface area contributed by atoms with Crippen LogP contribution >= 0.6 is 0 Å². The number of amides is 2. The van der Waals surface area contributed by atoms with Crippen LogP contribution in [0.15, 0.2) is 24.3 Å². The molecule has 2 aliphatic rings. The molecule has 0 aliphatic carbocycles. The fourth-order valence-corrected chi connectivity index (χ4v) is 7.76. The highest BCUT2D eigenvalue weighted by Gasteiger charge is 2.42. The van der Waals surface area contributed by atoms with Gasteiger partial charge in [0.1, 0.15) is 11.9 Å². The number of benzene rings is 2. The molecule has 2 saturated heterocycles. The molecule has 4 N–H and O–H groups in total. The molecule has 0 unspecified atom stereocenters. The topological polar surface area (TPSA) is 156 Å². The SMILES string of the molecule is CC[C@@H]1C[C@@H](C)CN1C(=O)c1cc(OC)c(OCCCOc2cc(N)c(C(=O)N3C[C@H](OC(C)=O)C[C@H]3CO[Si](C)(C)C(C)(C)C)cc2C)cc1N. The number of nitrogens with two attached hydrogens (primary N) is 2. The molecule has 2 aliphatic heterocycles. The lowest BCUT2D eigenvalue weighted by Gasteiger charge is -2.38. The predicted octanol–water partition coefficient (Wildman–Crippen LogP) is 6.44. The van der Waals surface area contributed by atoms with Gasteiger partial charge in [-0.2, -0.15) is 0 Å². The van der Waals surface area contributed by atoms with E-state index in [1.807, 2.05) is 11.8 Å². The van der Waals surface area contributed by atoms with E-state index in [-0.39, 0.29) is 41.5 Å². The van der Waals surface area contributed by atoms with Crippen molar-refractivity contribution in [1.82, 2.24) is 9.80 Å². The number of methoxy groups -OCH3 is 1. The Kier molecular flexibility index (Phi) is 13.2. The lowest BCUT2D eigenvalue weighted by atomic mass is 10.1. The summed E-state index contributed by atoms with van der Waals surface area (Å²) in [4.78, 5) is 42.7. The number of carbonyl (C=O) groups is 3. The van der Waals surface area contributed by atoms with Crippen molar-refractivity contribution in [1.29, 1.82) is 0 Å². The Morgan fingerprint density at radius 1 is 0.865 bits per heavy atom. The van der Waals surface area contributed by atoms with Crippen LogP contribution < -0.4 is 25.7 Å². The monoisotopic (exact) mass is 740 g/mol. The molecule has 13 heteroatoms. The van der Waals surface area contributed by atoms with Crippen molar-refractivity contribution in [2.45, 2.75) is 110 Å². The van der Waals surface area contributed by atoms with Gasteiger partial charge in [-0.3, -0.25) is 14.4 Å². The van der Waals surface area contributed by atoms with Crippen molar-refractivity contribution >= 4 is 37.5 Å². The number of likely N-dealkylation sites (tertiary alicyclic amines) is 2. The number of hydrogen-bond donors (Lipinski definition) is 2. The van der Waals surface area contributed by atoms with Gasteiger partial charge in [-0.15, -0.1) is 0 Å². The first-order valence-electron chi connectivity index (χ1n) is 18.4. The van der Waals surface area contributed by atoms with Crippen LogP contribution in [-0.2, 0) is 14.0 Å². The van der Waals surface area contributed by atoms with E-state index in [0.29, 0.717) is 84.9 Å². The van der Waals surface area contributed by atoms with E-state index in [0.717, 1.165) is 18.4 Å². The van der Waals surface area contributed by atoms with Crippen molar-refractivity contribution in [2.24, 2.45) is 5.92 Å². The number of hydrogen-bond acceptors (Lipinski definition) is 10. The molecular formula is C39H60N4O8Si. The highest BCUT2D eigenvalue weighted by atomic mass is 28.4. The molecule has 2 aromatic rings. The molecule has 0 spiro atoms. The van der Waals surface area contributed by atoms with E-state index in [9.17, 15) is 14.4 Å². The van der Waals surface area contributed by atoms with E-state index in [4.69, 9.17) is 34.8 Å². The van der Waals surface area contributed by atoms with Gasteiger partial charge in [-0.05, 0) is 61.5 Å². The maximum Gasteiger partial charge on any atom is 0.302 e. The highest BCUT2D eigenvalue weighted by molar-refractivity contribution is 6.74. The van der Waals surface area contributed by atoms with Crippen molar-refractivity contribution < 1.29 is 37.8 Å². The van der Waals surface area contributed by atoms with Crippen LogP contribution in [0.4, 0.5) is 11.4 Å². The van der Waals surface area contributed by atoms with Gasteiger partial charge >= 0.3 is 5.97 Å². The summed E-state index contributed by atoms with van der Waals surface area (Å²) in [5, 5.41) is 0.0118. The third kappa shape index (κ3) is 9.52. The van der Waals surface area contributed by atoms with E-state index in [1.165, 1.54) is 14.0 Å². The lowest BCUT2D eigenvalue weighted by molar-refractivity contribution is -0.145. The van der Waals surface area contributed by atoms with Gasteiger partial charge in [-0.25, -0.2) is 0 Å². The standard InChI is InChI=1S/C39H60N4O8Si/c1-11-27-15-24(2)21-42(27)38(46)31-18-35(47-8)36(20-33(31)41)49-14-12-13-48-34-19-32(40)30(16-25(34)3)37(45)43-22-29(51-26(4)44)17-28(43)23-50-52(9,10)39(5,6)7/h16,18-20,24,27-29H,11-15,17,21-23,40-41H2,1-10H3/t24-,27-,28+,29-/m1/s1. The summed E-state index contributed by atoms with van der Waals surface area (Å²) in [6.45, 7) is 20.4. The van der Waals surface area contributed by atoms with Crippen LogP contribution in [0, 0.1) is 12.8 Å². The second-order valence-electron chi connectivity index (χ2n) is 15.9. The quantitative estimate of drug-likeness (QED) is 0.0956. The smallest absolute Gasteiger partial charge is 0.302 e. The molecule has 52 heavy (non-hydrogen) atoms. The van der Waals surface area contributed by atoms with Gasteiger partial charge < -0.3 is 44.6 Å². The molecule has 2 aromatic carbocycles. The Morgan fingerprint density at radius 2 is 1.44 bits per heavy atom. The van der Waals surface area contributed by atoms with Crippen molar-refractivity contribution in [2.75, 3.05) is 51.5 Å². The molecular weight excluding hydrogens is 681 g/mol. The summed E-state index contributed by atoms with van der Waals surface area (Å²) >= 11 is 0. The van der Waals surface area contributed by atoms with Crippen LogP contribution in [0.5, 0.6) is 17.2 Å². The van der Waals surface area contributed by atoms with Gasteiger partial charge in [0, 0.05) is 55.9 Å². The number of esters is 1. The first-order chi connectivity index (χ1) is 24.4. The molecule has 0 bridgehead atoms. The van der Waals surface area contributed by atoms with Crippen LogP contribution in [0.1, 0.15) is 93.5 Å². The van der Waals surface area contributed by atoms with Gasteiger partial charge in [0.05, 0.1) is 50.6 Å². The molecule has 2 amide bonds. The molecule has 2 heterocycles. The predicted molar refractivity (Wildman–Crippen MR) is 206 cm³/mol. The van der Waals surface area contributed by atoms with Crippen LogP contribution in [-0.4, -0.2) is 94.1 Å². The molecule has 4 rings (SSSR count). The first kappa shape index (κ1) is 40.8. The average molecular weight is 741 g/mol. The van der Waals surface area contributed by atoms with Crippen LogP contribution in [0.25, 0.3) is 0 Å². The Bertz CT molecular complexity index is 1610. The Labute approximate surface area is 310 Å². The number of nitrogens with zero attached hydrogens (tertiary/aromatic N) is 2. The molecule has 0 saturated carbocycles. The zero-order valence-electron chi connectivity index (χ0n) is 32.8. The van der Waals surface area contributed by atoms with Gasteiger partial charge in [0.2, 0.25) is 0 Å². The second kappa shape index (κ2) is 16.8. The lowest BCUT2D eigenvalue weighted by Crippen LogP contribution is -2.46. The summed E-state index contributed by atoms with van der Waals surface area (Å²) in [6.07, 6.45) is 2.51. The molecule has 0 aromatic heterocycles. The van der Waals surface area contributed by atoms with E-state index in [2.05, 4.69) is 47.7 Å². The zero-order valence-corrected chi connectivity index (χ0v) is 33.8. The average Bonchev–Trinajstić information content (AvgIpc) is 3.65. The Hall–Kier alpha value is -3.97. The molecule has 12 nitrogen and oxygen atoms in total. The van der Waals surface area contributed by atoms with Gasteiger partial charge in [0.25, 0.3) is 11.8 Å². The maximum atomic E-state index is 13.9. The normalized spacial score (nSPS) is 20.6. The summed E-state index contributed by atoms with van der Waals surface area (Å²) in [5.74, 6) is 1.21. The van der Waals surface area contributed by atoms with E-state index < -0.39 is 14.4 Å². The number of nitrogen functional groups attached to an aromatic ring is 2. The maximum absolute atomic E-state index is 13.9. The molecule has 4 atom stereocenters. The molecule has 0 radical (unpaired) electrons. The van der Waals surface area contributed by atoms with Crippen LogP contribution in [0.3, 0.4) is 0 Å².